The summed E-state index contributed by atoms with van der Waals surface area (Å²) in [5, 5.41) is 4.36. The third-order valence-corrected chi connectivity index (χ3v) is 11.4. The zero-order chi connectivity index (χ0) is 19.9. The molecule has 0 aliphatic carbocycles. The average Bonchev–Trinajstić information content (AvgIpc) is 3.40. The average molecular weight is 483 g/mol. The van der Waals surface area contributed by atoms with Gasteiger partial charge < -0.3 is 0 Å². The maximum absolute atomic E-state index is 11.4. The first-order valence-corrected chi connectivity index (χ1v) is 13.9. The Balaban J connectivity index is 1.48. The fourth-order valence-electron chi connectivity index (χ4n) is 2.30. The number of benzene rings is 1. The lowest BCUT2D eigenvalue weighted by atomic mass is 10.2. The molecule has 2 heterocycles. The number of thioether (sulfide) groups is 6. The second kappa shape index (κ2) is 11.1. The van der Waals surface area contributed by atoms with Crippen LogP contribution in [0.15, 0.2) is 70.2 Å². The molecule has 28 heavy (non-hydrogen) atoms. The van der Waals surface area contributed by atoms with Crippen LogP contribution in [0.4, 0.5) is 0 Å². The fraction of sp³-hybridized carbons (Fsp3) is 0.200. The summed E-state index contributed by atoms with van der Waals surface area (Å²) in [7, 11) is 0. The SMILES string of the molecule is C=CC(=O)SCC1=CSC(c2ccc(C3SC=C(CSC(=O)C=C)S3)cc2)S1. The summed E-state index contributed by atoms with van der Waals surface area (Å²) in [6.45, 7) is 7.01. The summed E-state index contributed by atoms with van der Waals surface area (Å²) in [6.07, 6.45) is 2.73. The van der Waals surface area contributed by atoms with Crippen molar-refractivity contribution in [1.29, 1.82) is 0 Å². The van der Waals surface area contributed by atoms with Crippen molar-refractivity contribution >= 4 is 80.8 Å². The van der Waals surface area contributed by atoms with E-state index in [0.717, 1.165) is 0 Å². The highest BCUT2D eigenvalue weighted by molar-refractivity contribution is 8.24. The molecule has 0 N–H and O–H groups in total. The van der Waals surface area contributed by atoms with Crippen molar-refractivity contribution in [3.8, 4) is 0 Å². The molecule has 0 amide bonds. The molecule has 0 saturated heterocycles. The van der Waals surface area contributed by atoms with Crippen LogP contribution in [0.2, 0.25) is 0 Å². The number of hydrogen-bond acceptors (Lipinski definition) is 8. The van der Waals surface area contributed by atoms with E-state index in [0.29, 0.717) is 20.7 Å². The van der Waals surface area contributed by atoms with Gasteiger partial charge in [0.1, 0.15) is 0 Å². The van der Waals surface area contributed by atoms with E-state index in [-0.39, 0.29) is 10.2 Å². The Kier molecular flexibility index (Phi) is 8.87. The summed E-state index contributed by atoms with van der Waals surface area (Å²) in [5.41, 5.74) is 2.58. The van der Waals surface area contributed by atoms with Crippen LogP contribution in [-0.4, -0.2) is 21.7 Å². The summed E-state index contributed by atoms with van der Waals surface area (Å²) < 4.78 is 0.699. The molecule has 2 atom stereocenters. The predicted molar refractivity (Wildman–Crippen MR) is 134 cm³/mol. The minimum Gasteiger partial charge on any atom is -0.282 e. The van der Waals surface area contributed by atoms with Crippen LogP contribution in [0.5, 0.6) is 0 Å². The van der Waals surface area contributed by atoms with Gasteiger partial charge in [0.25, 0.3) is 0 Å². The van der Waals surface area contributed by atoms with Gasteiger partial charge in [0.05, 0.1) is 9.16 Å². The van der Waals surface area contributed by atoms with E-state index >= 15 is 0 Å². The Morgan fingerprint density at radius 3 is 1.57 bits per heavy atom. The lowest BCUT2D eigenvalue weighted by Gasteiger charge is -2.13. The van der Waals surface area contributed by atoms with Gasteiger partial charge in [-0.1, -0.05) is 60.9 Å². The quantitative estimate of drug-likeness (QED) is 0.359. The highest BCUT2D eigenvalue weighted by atomic mass is 32.2. The van der Waals surface area contributed by atoms with E-state index in [1.807, 2.05) is 23.5 Å². The zero-order valence-electron chi connectivity index (χ0n) is 14.9. The van der Waals surface area contributed by atoms with Crippen LogP contribution in [-0.2, 0) is 9.59 Å². The molecule has 0 radical (unpaired) electrons. The van der Waals surface area contributed by atoms with Gasteiger partial charge in [-0.05, 0) is 34.1 Å². The Morgan fingerprint density at radius 2 is 1.21 bits per heavy atom. The Morgan fingerprint density at radius 1 is 0.821 bits per heavy atom. The largest absolute Gasteiger partial charge is 0.282 e. The van der Waals surface area contributed by atoms with Crippen molar-refractivity contribution in [2.45, 2.75) is 9.16 Å². The molecule has 1 aromatic rings. The van der Waals surface area contributed by atoms with E-state index in [1.165, 1.54) is 56.6 Å². The van der Waals surface area contributed by atoms with E-state index in [2.05, 4.69) is 48.2 Å². The molecule has 3 rings (SSSR count). The van der Waals surface area contributed by atoms with Gasteiger partial charge >= 0.3 is 0 Å². The normalized spacial score (nSPS) is 21.1. The molecular formula is C20H18O2S6. The van der Waals surface area contributed by atoms with Crippen LogP contribution >= 0.6 is 70.6 Å². The van der Waals surface area contributed by atoms with Crippen LogP contribution in [0.3, 0.4) is 0 Å². The van der Waals surface area contributed by atoms with E-state index < -0.39 is 0 Å². The summed E-state index contributed by atoms with van der Waals surface area (Å²) in [6, 6.07) is 8.81. The second-order valence-electron chi connectivity index (χ2n) is 5.63. The van der Waals surface area contributed by atoms with Gasteiger partial charge in [-0.25, -0.2) is 0 Å². The van der Waals surface area contributed by atoms with Crippen molar-refractivity contribution in [3.05, 3.63) is 81.3 Å². The molecule has 0 fully saturated rings. The summed E-state index contributed by atoms with van der Waals surface area (Å²) >= 11 is 9.84. The van der Waals surface area contributed by atoms with E-state index in [9.17, 15) is 9.59 Å². The molecule has 2 aliphatic rings. The smallest absolute Gasteiger partial charge is 0.211 e. The predicted octanol–water partition coefficient (Wildman–Crippen LogP) is 7.22. The second-order valence-corrected chi connectivity index (χ2v) is 12.6. The first-order chi connectivity index (χ1) is 13.6. The minimum atomic E-state index is 0.0195. The van der Waals surface area contributed by atoms with Gasteiger partial charge in [0.2, 0.25) is 10.2 Å². The first-order valence-electron chi connectivity index (χ1n) is 8.29. The molecule has 8 heteroatoms. The molecule has 146 valence electrons. The number of carbonyl (C=O) groups is 2. The summed E-state index contributed by atoms with van der Waals surface area (Å²) in [4.78, 5) is 25.2. The lowest BCUT2D eigenvalue weighted by molar-refractivity contribution is -0.107. The third kappa shape index (κ3) is 6.31. The highest BCUT2D eigenvalue weighted by Crippen LogP contribution is 2.53. The number of rotatable bonds is 8. The van der Waals surface area contributed by atoms with Crippen molar-refractivity contribution < 1.29 is 9.59 Å². The molecule has 1 aromatic carbocycles. The molecule has 0 saturated carbocycles. The van der Waals surface area contributed by atoms with Crippen LogP contribution in [0.1, 0.15) is 20.3 Å². The lowest BCUT2D eigenvalue weighted by Crippen LogP contribution is -1.91. The fourth-order valence-corrected chi connectivity index (χ4v) is 9.16. The van der Waals surface area contributed by atoms with Gasteiger partial charge in [-0.2, -0.15) is 0 Å². The zero-order valence-corrected chi connectivity index (χ0v) is 19.8. The van der Waals surface area contributed by atoms with Crippen molar-refractivity contribution in [2.75, 3.05) is 11.5 Å². The molecule has 2 aliphatic heterocycles. The molecule has 0 bridgehead atoms. The minimum absolute atomic E-state index is 0.0195. The van der Waals surface area contributed by atoms with Crippen LogP contribution in [0, 0.1) is 0 Å². The highest BCUT2D eigenvalue weighted by Gasteiger charge is 2.23. The maximum Gasteiger partial charge on any atom is 0.211 e. The molecule has 2 nitrogen and oxygen atoms in total. The Hall–Kier alpha value is -0.380. The Labute approximate surface area is 191 Å². The van der Waals surface area contributed by atoms with E-state index in [1.54, 1.807) is 23.5 Å². The van der Waals surface area contributed by atoms with Gasteiger partial charge in [-0.15, -0.1) is 47.0 Å². The monoisotopic (exact) mass is 482 g/mol. The van der Waals surface area contributed by atoms with Gasteiger partial charge in [0, 0.05) is 21.3 Å². The maximum atomic E-state index is 11.4. The van der Waals surface area contributed by atoms with Gasteiger partial charge in [0.15, 0.2) is 0 Å². The third-order valence-electron chi connectivity index (χ3n) is 3.69. The molecule has 2 unspecified atom stereocenters. The van der Waals surface area contributed by atoms with Crippen molar-refractivity contribution in [3.63, 3.8) is 0 Å². The van der Waals surface area contributed by atoms with Crippen LogP contribution in [0.25, 0.3) is 0 Å². The number of carbonyl (C=O) groups excluding carboxylic acids is 2. The topological polar surface area (TPSA) is 34.1 Å². The van der Waals surface area contributed by atoms with Gasteiger partial charge in [-0.3, -0.25) is 9.59 Å². The standard InChI is InChI=1S/C20H18O2S6/c1-3-17(21)23-9-15-11-25-19(27-15)13-5-7-14(8-6-13)20-26-12-16(28-20)10-24-18(22)4-2/h3-8,11-12,19-20H,1-2,9-10H2. The van der Waals surface area contributed by atoms with Crippen molar-refractivity contribution in [1.82, 2.24) is 0 Å². The summed E-state index contributed by atoms with van der Waals surface area (Å²) in [5.74, 6) is 1.43. The number of hydrogen-bond donors (Lipinski definition) is 0. The first kappa shape index (κ1) is 22.3. The van der Waals surface area contributed by atoms with Crippen molar-refractivity contribution in [2.24, 2.45) is 0 Å². The molecular weight excluding hydrogens is 465 g/mol. The molecule has 0 aromatic heterocycles. The van der Waals surface area contributed by atoms with E-state index in [4.69, 9.17) is 0 Å². The van der Waals surface area contributed by atoms with Crippen LogP contribution < -0.4 is 0 Å². The molecule has 0 spiro atoms. The Bertz CT molecular complexity index is 759.